The van der Waals surface area contributed by atoms with E-state index in [1.54, 1.807) is 12.0 Å². The minimum absolute atomic E-state index is 0.0163. The first kappa shape index (κ1) is 18.6. The lowest BCUT2D eigenvalue weighted by Gasteiger charge is -2.33. The highest BCUT2D eigenvalue weighted by molar-refractivity contribution is 6.06. The van der Waals surface area contributed by atoms with Crippen molar-refractivity contribution in [2.24, 2.45) is 29.6 Å². The summed E-state index contributed by atoms with van der Waals surface area (Å²) in [7, 11) is 1.61. The summed E-state index contributed by atoms with van der Waals surface area (Å²) in [5.74, 6) is 1.63. The second kappa shape index (κ2) is 7.15. The number of amides is 3. The first-order valence-corrected chi connectivity index (χ1v) is 10.9. The molecule has 29 heavy (non-hydrogen) atoms. The van der Waals surface area contributed by atoms with Crippen LogP contribution in [0.1, 0.15) is 44.9 Å². The van der Waals surface area contributed by atoms with Gasteiger partial charge in [0.1, 0.15) is 5.75 Å². The van der Waals surface area contributed by atoms with Gasteiger partial charge in [-0.3, -0.25) is 19.3 Å². The molecule has 0 aromatic heterocycles. The van der Waals surface area contributed by atoms with Crippen molar-refractivity contribution in [3.8, 4) is 5.75 Å². The zero-order valence-electron chi connectivity index (χ0n) is 16.8. The van der Waals surface area contributed by atoms with Gasteiger partial charge in [0.2, 0.25) is 17.7 Å². The number of nitrogens with one attached hydrogen (secondary N) is 1. The summed E-state index contributed by atoms with van der Waals surface area (Å²) in [5, 5.41) is 2.98. The third-order valence-electron chi connectivity index (χ3n) is 7.75. The Hall–Kier alpha value is -2.37. The number of fused-ring (bicyclic) bond motifs is 5. The lowest BCUT2D eigenvalue weighted by Crippen LogP contribution is -2.44. The highest BCUT2D eigenvalue weighted by Crippen LogP contribution is 2.56. The van der Waals surface area contributed by atoms with E-state index in [1.165, 1.54) is 0 Å². The SMILES string of the molecule is COc1ccc(NC(=O)C2CCC(N3C(=O)[C@@H]4[C@H]5CC[C@@H](C5)[C@@H]4C3=O)CC2)cc1. The summed E-state index contributed by atoms with van der Waals surface area (Å²) < 4.78 is 5.14. The summed E-state index contributed by atoms with van der Waals surface area (Å²) in [6, 6.07) is 7.28. The second-order valence-electron chi connectivity index (χ2n) is 9.15. The van der Waals surface area contributed by atoms with Crippen LogP contribution in [0, 0.1) is 29.6 Å². The van der Waals surface area contributed by atoms with Crippen molar-refractivity contribution < 1.29 is 19.1 Å². The molecule has 154 valence electrons. The molecule has 4 fully saturated rings. The van der Waals surface area contributed by atoms with Gasteiger partial charge < -0.3 is 10.1 Å². The van der Waals surface area contributed by atoms with Crippen LogP contribution in [0.4, 0.5) is 5.69 Å². The number of likely N-dealkylation sites (tertiary alicyclic amines) is 1. The fraction of sp³-hybridized carbons (Fsp3) is 0.609. The van der Waals surface area contributed by atoms with E-state index in [4.69, 9.17) is 4.74 Å². The van der Waals surface area contributed by atoms with Crippen LogP contribution in [0.15, 0.2) is 24.3 Å². The largest absolute Gasteiger partial charge is 0.497 e. The Labute approximate surface area is 171 Å². The molecule has 1 N–H and O–H groups in total. The molecule has 1 heterocycles. The van der Waals surface area contributed by atoms with Gasteiger partial charge in [-0.2, -0.15) is 0 Å². The Morgan fingerprint density at radius 3 is 2.07 bits per heavy atom. The summed E-state index contributed by atoms with van der Waals surface area (Å²) >= 11 is 0. The van der Waals surface area contributed by atoms with Crippen LogP contribution in [-0.4, -0.2) is 35.8 Å². The van der Waals surface area contributed by atoms with Gasteiger partial charge in [0.15, 0.2) is 0 Å². The lowest BCUT2D eigenvalue weighted by atomic mass is 9.81. The van der Waals surface area contributed by atoms with Crippen molar-refractivity contribution in [2.45, 2.75) is 51.0 Å². The number of hydrogen-bond acceptors (Lipinski definition) is 4. The number of nitrogens with zero attached hydrogens (tertiary/aromatic N) is 1. The predicted octanol–water partition coefficient (Wildman–Crippen LogP) is 3.22. The predicted molar refractivity (Wildman–Crippen MR) is 107 cm³/mol. The molecule has 0 spiro atoms. The molecule has 1 aliphatic heterocycles. The molecule has 5 rings (SSSR count). The first-order chi connectivity index (χ1) is 14.1. The first-order valence-electron chi connectivity index (χ1n) is 10.9. The summed E-state index contributed by atoms with van der Waals surface area (Å²) in [6.07, 6.45) is 6.17. The molecule has 6 heteroatoms. The third-order valence-corrected chi connectivity index (χ3v) is 7.75. The van der Waals surface area contributed by atoms with Gasteiger partial charge in [0.05, 0.1) is 18.9 Å². The number of anilines is 1. The van der Waals surface area contributed by atoms with E-state index in [-0.39, 0.29) is 41.5 Å². The third kappa shape index (κ3) is 3.04. The highest BCUT2D eigenvalue weighted by Gasteiger charge is 2.61. The van der Waals surface area contributed by atoms with Gasteiger partial charge in [-0.15, -0.1) is 0 Å². The molecule has 1 aromatic rings. The Kier molecular flexibility index (Phi) is 4.60. The average Bonchev–Trinajstić information content (AvgIpc) is 3.42. The van der Waals surface area contributed by atoms with Crippen LogP contribution in [0.2, 0.25) is 0 Å². The maximum absolute atomic E-state index is 13.0. The van der Waals surface area contributed by atoms with E-state index in [2.05, 4.69) is 5.32 Å². The molecule has 4 atom stereocenters. The second-order valence-corrected chi connectivity index (χ2v) is 9.15. The Morgan fingerprint density at radius 2 is 1.52 bits per heavy atom. The monoisotopic (exact) mass is 396 g/mol. The van der Waals surface area contributed by atoms with Crippen LogP contribution < -0.4 is 10.1 Å². The van der Waals surface area contributed by atoms with Crippen LogP contribution >= 0.6 is 0 Å². The smallest absolute Gasteiger partial charge is 0.233 e. The van der Waals surface area contributed by atoms with Gasteiger partial charge >= 0.3 is 0 Å². The zero-order valence-corrected chi connectivity index (χ0v) is 16.8. The molecular weight excluding hydrogens is 368 g/mol. The molecular formula is C23H28N2O4. The number of rotatable bonds is 4. The summed E-state index contributed by atoms with van der Waals surface area (Å²) in [6.45, 7) is 0. The van der Waals surface area contributed by atoms with E-state index in [9.17, 15) is 14.4 Å². The Balaban J connectivity index is 1.19. The van der Waals surface area contributed by atoms with E-state index in [1.807, 2.05) is 24.3 Å². The van der Waals surface area contributed by atoms with Crippen LogP contribution in [0.3, 0.4) is 0 Å². The van der Waals surface area contributed by atoms with E-state index >= 15 is 0 Å². The minimum Gasteiger partial charge on any atom is -0.497 e. The van der Waals surface area contributed by atoms with Gasteiger partial charge in [-0.25, -0.2) is 0 Å². The van der Waals surface area contributed by atoms with Crippen molar-refractivity contribution in [1.82, 2.24) is 4.90 Å². The van der Waals surface area contributed by atoms with Crippen molar-refractivity contribution in [1.29, 1.82) is 0 Å². The number of benzene rings is 1. The number of imide groups is 1. The number of hydrogen-bond donors (Lipinski definition) is 1. The standard InChI is InChI=1S/C23H28N2O4/c1-29-18-10-6-16(7-11-18)24-21(26)13-4-8-17(9-5-13)25-22(27)19-14-2-3-15(12-14)20(19)23(25)28/h6-7,10-11,13-15,17,19-20H,2-5,8-9,12H2,1H3,(H,24,26)/t13?,14-,15-,17?,19-,20+/m0/s1. The highest BCUT2D eigenvalue weighted by atomic mass is 16.5. The summed E-state index contributed by atoms with van der Waals surface area (Å²) in [4.78, 5) is 40.3. The number of carbonyl (C=O) groups excluding carboxylic acids is 3. The van der Waals surface area contributed by atoms with Crippen molar-refractivity contribution >= 4 is 23.4 Å². The van der Waals surface area contributed by atoms with Crippen molar-refractivity contribution in [2.75, 3.05) is 12.4 Å². The number of ether oxygens (including phenoxy) is 1. The lowest BCUT2D eigenvalue weighted by molar-refractivity contribution is -0.144. The van der Waals surface area contributed by atoms with Gasteiger partial charge in [0.25, 0.3) is 0 Å². The molecule has 6 nitrogen and oxygen atoms in total. The number of carbonyl (C=O) groups is 3. The van der Waals surface area contributed by atoms with Gasteiger partial charge in [0, 0.05) is 17.6 Å². The molecule has 3 aliphatic carbocycles. The molecule has 3 saturated carbocycles. The average molecular weight is 396 g/mol. The molecule has 0 radical (unpaired) electrons. The topological polar surface area (TPSA) is 75.7 Å². The normalized spacial score (nSPS) is 35.7. The Bertz CT molecular complexity index is 800. The van der Waals surface area contributed by atoms with E-state index < -0.39 is 0 Å². The van der Waals surface area contributed by atoms with Crippen molar-refractivity contribution in [3.05, 3.63) is 24.3 Å². The molecule has 1 aromatic carbocycles. The quantitative estimate of drug-likeness (QED) is 0.793. The molecule has 0 unspecified atom stereocenters. The molecule has 2 bridgehead atoms. The summed E-state index contributed by atoms with van der Waals surface area (Å²) in [5.41, 5.74) is 0.756. The van der Waals surface area contributed by atoms with E-state index in [0.717, 1.165) is 43.5 Å². The molecule has 4 aliphatic rings. The Morgan fingerprint density at radius 1 is 0.931 bits per heavy atom. The van der Waals surface area contributed by atoms with Crippen LogP contribution in [0.25, 0.3) is 0 Å². The molecule has 3 amide bonds. The molecule has 1 saturated heterocycles. The fourth-order valence-corrected chi connectivity index (χ4v) is 6.31. The maximum Gasteiger partial charge on any atom is 0.233 e. The van der Waals surface area contributed by atoms with Gasteiger partial charge in [-0.05, 0) is 81.0 Å². The van der Waals surface area contributed by atoms with Gasteiger partial charge in [-0.1, -0.05) is 0 Å². The number of methoxy groups -OCH3 is 1. The van der Waals surface area contributed by atoms with Crippen molar-refractivity contribution in [3.63, 3.8) is 0 Å². The van der Waals surface area contributed by atoms with Crippen LogP contribution in [0.5, 0.6) is 5.75 Å². The van der Waals surface area contributed by atoms with E-state index in [0.29, 0.717) is 24.7 Å². The fourth-order valence-electron chi connectivity index (χ4n) is 6.31. The van der Waals surface area contributed by atoms with Crippen LogP contribution in [-0.2, 0) is 14.4 Å². The maximum atomic E-state index is 13.0. The zero-order chi connectivity index (χ0) is 20.1. The minimum atomic E-state index is -0.0724.